The quantitative estimate of drug-likeness (QED) is 0.813. The van der Waals surface area contributed by atoms with Gasteiger partial charge in [0.25, 0.3) is 5.91 Å². The number of carbonyl (C=O) groups excluding carboxylic acids is 2. The maximum atomic E-state index is 12.7. The van der Waals surface area contributed by atoms with Gasteiger partial charge in [0.1, 0.15) is 0 Å². The minimum absolute atomic E-state index is 0.00540. The van der Waals surface area contributed by atoms with Crippen molar-refractivity contribution in [3.8, 4) is 11.5 Å². The fraction of sp³-hybridized carbons (Fsp3) is 0.471. The molecule has 1 unspecified atom stereocenters. The molecule has 1 spiro atoms. The van der Waals surface area contributed by atoms with Crippen LogP contribution in [0.4, 0.5) is 0 Å². The summed E-state index contributed by atoms with van der Waals surface area (Å²) in [5.41, 5.74) is -0.236. The van der Waals surface area contributed by atoms with E-state index >= 15 is 0 Å². The highest BCUT2D eigenvalue weighted by molar-refractivity contribution is 5.95. The second kappa shape index (κ2) is 5.65. The highest BCUT2D eigenvalue weighted by Crippen LogP contribution is 2.38. The average Bonchev–Trinajstić information content (AvgIpc) is 3.18. The monoisotopic (exact) mass is 346 g/mol. The summed E-state index contributed by atoms with van der Waals surface area (Å²) < 4.78 is 10.5. The van der Waals surface area contributed by atoms with Gasteiger partial charge in [0.15, 0.2) is 11.5 Å². The molecule has 2 saturated heterocycles. The molecule has 8 heteroatoms. The highest BCUT2D eigenvalue weighted by Gasteiger charge is 2.52. The maximum absolute atomic E-state index is 12.7. The lowest BCUT2D eigenvalue weighted by Crippen LogP contribution is -2.56. The second-order valence-electron chi connectivity index (χ2n) is 6.66. The number of ether oxygens (including phenoxy) is 2. The molecule has 2 N–H and O–H groups in total. The Labute approximate surface area is 143 Å². The van der Waals surface area contributed by atoms with Crippen molar-refractivity contribution in [2.24, 2.45) is 5.92 Å². The molecule has 25 heavy (non-hydrogen) atoms. The van der Waals surface area contributed by atoms with Crippen LogP contribution < -0.4 is 14.8 Å². The number of likely N-dealkylation sites (tertiary alicyclic amines) is 1. The van der Waals surface area contributed by atoms with Gasteiger partial charge in [-0.25, -0.2) is 0 Å². The normalized spacial score (nSPS) is 23.6. The summed E-state index contributed by atoms with van der Waals surface area (Å²) in [5, 5.41) is 12.2. The third-order valence-electron chi connectivity index (χ3n) is 5.31. The second-order valence-corrected chi connectivity index (χ2v) is 6.66. The lowest BCUT2D eigenvalue weighted by atomic mass is 9.77. The summed E-state index contributed by atoms with van der Waals surface area (Å²) in [6, 6.07) is 5.06. The number of piperidine rings is 1. The fourth-order valence-electron chi connectivity index (χ4n) is 3.91. The lowest BCUT2D eigenvalue weighted by molar-refractivity contribution is -0.144. The van der Waals surface area contributed by atoms with Crippen molar-refractivity contribution in [3.63, 3.8) is 0 Å². The van der Waals surface area contributed by atoms with Crippen molar-refractivity contribution < 1.29 is 29.0 Å². The van der Waals surface area contributed by atoms with Crippen molar-refractivity contribution in [1.29, 1.82) is 0 Å². The molecule has 132 valence electrons. The number of fused-ring (bicyclic) bond motifs is 1. The fourth-order valence-corrected chi connectivity index (χ4v) is 3.91. The molecular weight excluding hydrogens is 328 g/mol. The summed E-state index contributed by atoms with van der Waals surface area (Å²) in [6.45, 7) is 0.949. The van der Waals surface area contributed by atoms with Crippen LogP contribution in [-0.4, -0.2) is 53.2 Å². The molecule has 3 aliphatic heterocycles. The van der Waals surface area contributed by atoms with Crippen LogP contribution in [0.25, 0.3) is 0 Å². The molecule has 0 saturated carbocycles. The smallest absolute Gasteiger partial charge is 0.309 e. The van der Waals surface area contributed by atoms with E-state index in [2.05, 4.69) is 5.32 Å². The first kappa shape index (κ1) is 15.7. The molecule has 1 aromatic carbocycles. The predicted molar refractivity (Wildman–Crippen MR) is 84.3 cm³/mol. The number of carboxylic acid groups (broad SMARTS) is 1. The van der Waals surface area contributed by atoms with E-state index in [0.29, 0.717) is 43.0 Å². The van der Waals surface area contributed by atoms with Crippen molar-refractivity contribution in [1.82, 2.24) is 10.2 Å². The number of aliphatic carboxylic acids is 1. The Morgan fingerprint density at radius 2 is 1.92 bits per heavy atom. The van der Waals surface area contributed by atoms with Crippen LogP contribution in [0, 0.1) is 5.92 Å². The van der Waals surface area contributed by atoms with Crippen LogP contribution in [-0.2, 0) is 9.59 Å². The van der Waals surface area contributed by atoms with Gasteiger partial charge in [-0.05, 0) is 31.0 Å². The van der Waals surface area contributed by atoms with Crippen LogP contribution in [0.15, 0.2) is 18.2 Å². The van der Waals surface area contributed by atoms with E-state index in [1.54, 1.807) is 23.1 Å². The van der Waals surface area contributed by atoms with Gasteiger partial charge in [0.2, 0.25) is 12.7 Å². The first-order valence-electron chi connectivity index (χ1n) is 8.21. The third kappa shape index (κ3) is 2.57. The van der Waals surface area contributed by atoms with Gasteiger partial charge in [0, 0.05) is 25.1 Å². The largest absolute Gasteiger partial charge is 0.481 e. The zero-order valence-corrected chi connectivity index (χ0v) is 13.5. The van der Waals surface area contributed by atoms with Crippen molar-refractivity contribution in [3.05, 3.63) is 23.8 Å². The van der Waals surface area contributed by atoms with Gasteiger partial charge in [-0.3, -0.25) is 14.4 Å². The molecule has 3 heterocycles. The molecule has 2 amide bonds. The summed E-state index contributed by atoms with van der Waals surface area (Å²) in [7, 11) is 0. The van der Waals surface area contributed by atoms with E-state index in [0.717, 1.165) is 0 Å². The molecule has 8 nitrogen and oxygen atoms in total. The van der Waals surface area contributed by atoms with Gasteiger partial charge < -0.3 is 24.8 Å². The molecule has 2 fully saturated rings. The summed E-state index contributed by atoms with van der Waals surface area (Å²) in [6.07, 6.45) is 0.878. The van der Waals surface area contributed by atoms with E-state index in [1.165, 1.54) is 0 Å². The number of hydrogen-bond acceptors (Lipinski definition) is 5. The lowest BCUT2D eigenvalue weighted by Gasteiger charge is -2.41. The molecular formula is C17H18N2O6. The maximum Gasteiger partial charge on any atom is 0.309 e. The number of benzene rings is 1. The zero-order chi connectivity index (χ0) is 17.6. The molecule has 0 aliphatic carbocycles. The van der Waals surface area contributed by atoms with Gasteiger partial charge in [-0.15, -0.1) is 0 Å². The first-order valence-corrected chi connectivity index (χ1v) is 8.21. The van der Waals surface area contributed by atoms with E-state index < -0.39 is 17.4 Å². The predicted octanol–water partition coefficient (Wildman–Crippen LogP) is 0.611. The SMILES string of the molecule is O=C1CC(C(=O)O)C2(CCN(C(=O)c3ccc4c(c3)OCO4)CC2)N1. The van der Waals surface area contributed by atoms with Crippen LogP contribution in [0.1, 0.15) is 29.6 Å². The molecule has 1 atom stereocenters. The van der Waals surface area contributed by atoms with Crippen LogP contribution >= 0.6 is 0 Å². The number of amides is 2. The highest BCUT2D eigenvalue weighted by atomic mass is 16.7. The van der Waals surface area contributed by atoms with Crippen LogP contribution in [0.2, 0.25) is 0 Å². The minimum Gasteiger partial charge on any atom is -0.481 e. The van der Waals surface area contributed by atoms with Crippen LogP contribution in [0.5, 0.6) is 11.5 Å². The van der Waals surface area contributed by atoms with Crippen LogP contribution in [0.3, 0.4) is 0 Å². The molecule has 1 aromatic rings. The summed E-state index contributed by atoms with van der Waals surface area (Å²) in [4.78, 5) is 37.6. The molecule has 0 bridgehead atoms. The molecule has 3 aliphatic rings. The number of carboxylic acids is 1. The van der Waals surface area contributed by atoms with Gasteiger partial charge in [-0.1, -0.05) is 0 Å². The summed E-state index contributed by atoms with van der Waals surface area (Å²) >= 11 is 0. The Bertz CT molecular complexity index is 754. The molecule has 4 rings (SSSR count). The average molecular weight is 346 g/mol. The Morgan fingerprint density at radius 1 is 1.20 bits per heavy atom. The Hall–Kier alpha value is -2.77. The Morgan fingerprint density at radius 3 is 2.64 bits per heavy atom. The standard InChI is InChI=1S/C17H18N2O6/c20-14-8-11(16(22)23)17(18-14)3-5-19(6-4-17)15(21)10-1-2-12-13(7-10)25-9-24-12/h1-2,7,11H,3-6,8-9H2,(H,18,20)(H,22,23). The number of carbonyl (C=O) groups is 3. The Kier molecular flexibility index (Phi) is 3.55. The topological polar surface area (TPSA) is 105 Å². The first-order chi connectivity index (χ1) is 12.0. The zero-order valence-electron chi connectivity index (χ0n) is 13.5. The number of nitrogens with one attached hydrogen (secondary N) is 1. The number of hydrogen-bond donors (Lipinski definition) is 2. The molecule has 0 radical (unpaired) electrons. The van der Waals surface area contributed by atoms with Crippen molar-refractivity contribution >= 4 is 17.8 Å². The van der Waals surface area contributed by atoms with E-state index in [9.17, 15) is 19.5 Å². The van der Waals surface area contributed by atoms with Gasteiger partial charge in [0.05, 0.1) is 11.5 Å². The third-order valence-corrected chi connectivity index (χ3v) is 5.31. The van der Waals surface area contributed by atoms with E-state index in [4.69, 9.17) is 9.47 Å². The number of rotatable bonds is 2. The molecule has 0 aromatic heterocycles. The Balaban J connectivity index is 1.47. The van der Waals surface area contributed by atoms with Crippen molar-refractivity contribution in [2.75, 3.05) is 19.9 Å². The summed E-state index contributed by atoms with van der Waals surface area (Å²) in [5.74, 6) is -0.899. The van der Waals surface area contributed by atoms with Crippen molar-refractivity contribution in [2.45, 2.75) is 24.8 Å². The number of nitrogens with zero attached hydrogens (tertiary/aromatic N) is 1. The van der Waals surface area contributed by atoms with Gasteiger partial charge >= 0.3 is 5.97 Å². The van der Waals surface area contributed by atoms with E-state index in [-0.39, 0.29) is 25.0 Å². The van der Waals surface area contributed by atoms with E-state index in [1.807, 2.05) is 0 Å². The minimum atomic E-state index is -0.964. The van der Waals surface area contributed by atoms with Gasteiger partial charge in [-0.2, -0.15) is 0 Å².